The lowest BCUT2D eigenvalue weighted by Gasteiger charge is -2.14. The summed E-state index contributed by atoms with van der Waals surface area (Å²) in [6, 6.07) is 29.6. The minimum atomic E-state index is -1.09. The number of amides is 2. The molecule has 0 spiro atoms. The van der Waals surface area contributed by atoms with Crippen molar-refractivity contribution in [3.05, 3.63) is 142 Å². The molecule has 4 aromatic rings. The molecule has 3 unspecified atom stereocenters. The van der Waals surface area contributed by atoms with Crippen LogP contribution in [0.4, 0.5) is 22.7 Å². The van der Waals surface area contributed by atoms with E-state index in [0.717, 1.165) is 0 Å². The summed E-state index contributed by atoms with van der Waals surface area (Å²) in [5, 5.41) is 51.1. The number of quaternary nitrogens is 2. The molecule has 0 aromatic heterocycles. The number of hydrogen-bond acceptors (Lipinski definition) is 8. The van der Waals surface area contributed by atoms with Gasteiger partial charge in [0, 0.05) is 29.8 Å². The number of hydrogen-bond donors (Lipinski definition) is 4. The summed E-state index contributed by atoms with van der Waals surface area (Å²) < 4.78 is 0. The molecule has 0 aliphatic carbocycles. The molecule has 0 saturated carbocycles. The van der Waals surface area contributed by atoms with Crippen molar-refractivity contribution in [1.82, 2.24) is 0 Å². The van der Waals surface area contributed by atoms with Gasteiger partial charge in [0.1, 0.15) is 11.6 Å². The molecule has 0 fully saturated rings. The highest BCUT2D eigenvalue weighted by Crippen LogP contribution is 2.32. The van der Waals surface area contributed by atoms with Crippen molar-refractivity contribution in [2.75, 3.05) is 10.0 Å². The van der Waals surface area contributed by atoms with E-state index in [2.05, 4.69) is 10.2 Å². The second-order valence-corrected chi connectivity index (χ2v) is 9.69. The third-order valence-electron chi connectivity index (χ3n) is 7.02. The second-order valence-electron chi connectivity index (χ2n) is 9.69. The summed E-state index contributed by atoms with van der Waals surface area (Å²) in [5.74, 6) is -1.91. The molecule has 2 aliphatic rings. The molecule has 3 atom stereocenters. The van der Waals surface area contributed by atoms with E-state index in [4.69, 9.17) is 0 Å². The zero-order chi connectivity index (χ0) is 30.1. The molecule has 0 bridgehead atoms. The zero-order valence-electron chi connectivity index (χ0n) is 22.4. The fourth-order valence-corrected chi connectivity index (χ4v) is 4.85. The van der Waals surface area contributed by atoms with Crippen LogP contribution in [0.5, 0.6) is 0 Å². The Bertz CT molecular complexity index is 1750. The normalized spacial score (nSPS) is 19.1. The zero-order valence-corrected chi connectivity index (χ0v) is 22.4. The van der Waals surface area contributed by atoms with E-state index in [-0.39, 0.29) is 22.7 Å². The van der Waals surface area contributed by atoms with Gasteiger partial charge in [0.15, 0.2) is 11.4 Å². The molecular weight excluding hydrogens is 552 g/mol. The number of rotatable bonds is 7. The van der Waals surface area contributed by atoms with Crippen molar-refractivity contribution in [3.8, 4) is 0 Å². The van der Waals surface area contributed by atoms with E-state index in [9.17, 15) is 30.4 Å². The Morgan fingerprint density at radius 3 is 1.65 bits per heavy atom. The van der Waals surface area contributed by atoms with Crippen LogP contribution in [0, 0.1) is 16.3 Å². The van der Waals surface area contributed by atoms with Gasteiger partial charge in [-0.2, -0.15) is 30.7 Å². The summed E-state index contributed by atoms with van der Waals surface area (Å²) in [6.45, 7) is 0. The molecule has 6 rings (SSSR count). The molecule has 2 heterocycles. The molecule has 4 aromatic carbocycles. The standard InChI is InChI=1S/C31H24N6O6/c38-30-26(28(20-11-15-24(16-12-20)36(40)41)32-34(30)22-7-3-1-4-8-22)19-27-29(21-13-17-25(18-14-21)37(42)43)33-35(31(27)39)23-9-5-2-6-10-23/h1-19,26,36-37,40,42H. The average molecular weight is 577 g/mol. The highest BCUT2D eigenvalue weighted by molar-refractivity contribution is 6.36. The van der Waals surface area contributed by atoms with Crippen LogP contribution in [0.15, 0.2) is 131 Å². The topological polar surface area (TPSA) is 161 Å². The van der Waals surface area contributed by atoms with Gasteiger partial charge in [-0.1, -0.05) is 42.5 Å². The first-order valence-corrected chi connectivity index (χ1v) is 13.2. The molecule has 12 heteroatoms. The Kier molecular flexibility index (Phi) is 7.44. The maximum atomic E-state index is 13.9. The lowest BCUT2D eigenvalue weighted by atomic mass is 9.91. The van der Waals surface area contributed by atoms with Gasteiger partial charge in [-0.15, -0.1) is 0 Å². The summed E-state index contributed by atoms with van der Waals surface area (Å²) in [4.78, 5) is 27.8. The van der Waals surface area contributed by atoms with Gasteiger partial charge >= 0.3 is 0 Å². The Morgan fingerprint density at radius 1 is 0.651 bits per heavy atom. The monoisotopic (exact) mass is 576 g/mol. The van der Waals surface area contributed by atoms with Gasteiger partial charge in [-0.3, -0.25) is 9.59 Å². The van der Waals surface area contributed by atoms with E-state index >= 15 is 0 Å². The highest BCUT2D eigenvalue weighted by Gasteiger charge is 2.40. The smallest absolute Gasteiger partial charge is 0.280 e. The summed E-state index contributed by atoms with van der Waals surface area (Å²) in [6.07, 6.45) is 1.52. The Balaban J connectivity index is 1.47. The predicted octanol–water partition coefficient (Wildman–Crippen LogP) is 2.24. The van der Waals surface area contributed by atoms with Crippen molar-refractivity contribution in [2.24, 2.45) is 16.1 Å². The highest BCUT2D eigenvalue weighted by atomic mass is 16.8. The Hall–Kier alpha value is -5.34. The first kappa shape index (κ1) is 27.8. The van der Waals surface area contributed by atoms with Crippen molar-refractivity contribution >= 4 is 46.0 Å². The summed E-state index contributed by atoms with van der Waals surface area (Å²) >= 11 is 0. The third kappa shape index (κ3) is 5.36. The summed E-state index contributed by atoms with van der Waals surface area (Å²) in [7, 11) is 0. The van der Waals surface area contributed by atoms with E-state index in [0.29, 0.717) is 28.2 Å². The van der Waals surface area contributed by atoms with Crippen molar-refractivity contribution in [1.29, 1.82) is 0 Å². The third-order valence-corrected chi connectivity index (χ3v) is 7.02. The number of nitrogens with zero attached hydrogens (tertiary/aromatic N) is 4. The lowest BCUT2D eigenvalue weighted by Crippen LogP contribution is -2.99. The number of benzene rings is 4. The maximum Gasteiger partial charge on any atom is 0.280 e. The average Bonchev–Trinajstić information content (AvgIpc) is 3.54. The minimum Gasteiger partial charge on any atom is -0.595 e. The largest absolute Gasteiger partial charge is 0.595 e. The molecule has 0 radical (unpaired) electrons. The van der Waals surface area contributed by atoms with Crippen molar-refractivity contribution in [2.45, 2.75) is 0 Å². The maximum absolute atomic E-state index is 13.9. The molecule has 214 valence electrons. The van der Waals surface area contributed by atoms with E-state index in [1.807, 2.05) is 12.1 Å². The van der Waals surface area contributed by atoms with Crippen LogP contribution in [0.2, 0.25) is 0 Å². The van der Waals surface area contributed by atoms with E-state index in [1.165, 1.54) is 40.4 Å². The molecule has 12 nitrogen and oxygen atoms in total. The van der Waals surface area contributed by atoms with Gasteiger partial charge < -0.3 is 10.4 Å². The number of para-hydroxylation sites is 2. The van der Waals surface area contributed by atoms with Crippen LogP contribution in [0.25, 0.3) is 0 Å². The van der Waals surface area contributed by atoms with Gasteiger partial charge in [0.25, 0.3) is 11.8 Å². The SMILES string of the molecule is O=C1C(=CC2C(=O)N(c3ccccc3)N=C2c2ccc([NH+]([O-])O)cc2)C(c2ccc([NH+]([O-])O)cc2)=NN1c1ccccc1. The van der Waals surface area contributed by atoms with Crippen molar-refractivity contribution in [3.63, 3.8) is 0 Å². The van der Waals surface area contributed by atoms with Gasteiger partial charge in [-0.25, -0.2) is 10.4 Å². The second kappa shape index (κ2) is 11.5. The number of nitrogens with one attached hydrogen (secondary N) is 2. The first-order chi connectivity index (χ1) is 20.8. The Labute approximate surface area is 245 Å². The van der Waals surface area contributed by atoms with Crippen LogP contribution in [-0.2, 0) is 9.59 Å². The Morgan fingerprint density at radius 2 is 1.14 bits per heavy atom. The molecule has 4 N–H and O–H groups in total. The van der Waals surface area contributed by atoms with E-state index in [1.54, 1.807) is 72.8 Å². The molecule has 43 heavy (non-hydrogen) atoms. The predicted molar refractivity (Wildman–Crippen MR) is 157 cm³/mol. The quantitative estimate of drug-likeness (QED) is 0.195. The summed E-state index contributed by atoms with van der Waals surface area (Å²) in [5.41, 5.74) is 2.89. The van der Waals surface area contributed by atoms with Crippen molar-refractivity contribution < 1.29 is 30.5 Å². The lowest BCUT2D eigenvalue weighted by molar-refractivity contribution is -0.991. The van der Waals surface area contributed by atoms with Crippen LogP contribution in [0.1, 0.15) is 11.1 Å². The fraction of sp³-hybridized carbons (Fsp3) is 0.0323. The van der Waals surface area contributed by atoms with Gasteiger partial charge in [0.05, 0.1) is 22.7 Å². The van der Waals surface area contributed by atoms with E-state index < -0.39 is 28.2 Å². The number of carbonyl (C=O) groups excluding carboxylic acids is 2. The van der Waals surface area contributed by atoms with Crippen LogP contribution >= 0.6 is 0 Å². The van der Waals surface area contributed by atoms with Crippen LogP contribution in [-0.4, -0.2) is 33.7 Å². The molecule has 2 aliphatic heterocycles. The first-order valence-electron chi connectivity index (χ1n) is 13.2. The number of carbonyl (C=O) groups is 2. The van der Waals surface area contributed by atoms with Gasteiger partial charge in [0.2, 0.25) is 0 Å². The molecule has 0 saturated heterocycles. The number of anilines is 2. The van der Waals surface area contributed by atoms with Crippen LogP contribution in [0.3, 0.4) is 0 Å². The molecule has 2 amide bonds. The minimum absolute atomic E-state index is 0.0721. The van der Waals surface area contributed by atoms with Gasteiger partial charge in [-0.05, 0) is 54.1 Å². The fourth-order valence-electron chi connectivity index (χ4n) is 4.85. The number of hydrazone groups is 2. The van der Waals surface area contributed by atoms with Crippen LogP contribution < -0.4 is 20.5 Å². The molecular formula is C31H24N6O6.